The molecular weight excluding hydrogens is 1620 g/mol. The lowest BCUT2D eigenvalue weighted by Crippen LogP contribution is -3.00. The summed E-state index contributed by atoms with van der Waals surface area (Å²) in [5, 5.41) is 26.6. The van der Waals surface area contributed by atoms with Crippen molar-refractivity contribution >= 4 is 72.3 Å². The molecule has 4 aromatic heterocycles. The number of carboxylic acids is 1. The number of carbonyl (C=O) groups excluding carboxylic acids is 3. The van der Waals surface area contributed by atoms with E-state index in [4.69, 9.17) is 37.0 Å². The van der Waals surface area contributed by atoms with Gasteiger partial charge in [-0.3, -0.25) is 33.6 Å². The molecule has 15 aromatic rings. The molecule has 0 aliphatic rings. The Labute approximate surface area is 738 Å². The third-order valence-corrected chi connectivity index (χ3v) is 18.5. The lowest BCUT2D eigenvalue weighted by Gasteiger charge is -2.10. The smallest absolute Gasteiger partial charge is 0.375 e. The fourth-order valence-corrected chi connectivity index (χ4v) is 11.7. The molecule has 638 valence electrons. The van der Waals surface area contributed by atoms with Crippen LogP contribution < -0.4 is 70.0 Å². The fraction of sp³-hybridized carbons (Fsp3) is 0.0667. The van der Waals surface area contributed by atoms with Gasteiger partial charge in [0.15, 0.2) is 0 Å². The summed E-state index contributed by atoms with van der Waals surface area (Å²) in [6.45, 7) is 2.11. The second kappa shape index (κ2) is 50.0. The van der Waals surface area contributed by atoms with Crippen LogP contribution in [0, 0.1) is 0 Å². The molecule has 15 rings (SSSR count). The summed E-state index contributed by atoms with van der Waals surface area (Å²) in [4.78, 5) is 95.6. The SMILES string of the molecule is O=C(NCc1ccc(/C=C/c2ccccc2)cc1)c1occc(=O)c1O.O=C(NCc1ccc(/C=C/c2ccccc2)cc1)c1occc(=O)c1OCc1ccccc1.O=C(NCc1ccc(/C=C/c2ccccc2)cc1)c1occc(=O)c1OCc1ccccc1.O=C(O)c1occc(=O)c1OCc1ccccc1.[Cl-].[NH3+]Cc1ccc(/C=C/c2ccccc2)cc1. The molecule has 8 N–H and O–H groups in total. The summed E-state index contributed by atoms with van der Waals surface area (Å²) < 4.78 is 36.8. The first kappa shape index (κ1) is 92.8. The number of amides is 3. The standard InChI is InChI=1S/2C28H23NO4.C21H17NO4.C15H15N.C13H10O5.ClH/c2*30-25-17-18-32-27(26(25)33-20-24-9-5-2-6-10-24)28(31)29-19-23-15-13-22(14-16-23)12-11-21-7-3-1-4-8-21;23-18-12-13-26-20(19(18)24)21(25)22-14-17-10-8-16(9-11-17)7-6-15-4-2-1-3-5-15;16-12-15-10-8-14(9-11-15)7-6-13-4-2-1-3-5-13;14-10-6-7-17-12(13(15)16)11(10)18-8-9-4-2-1-3-5-9;/h2*1-18H,19-20H2,(H,29,31);1-13,24H,14H2,(H,22,25);1-11H,12,16H2;1-7H,8H2,(H,15,16);1H/b2*12-11+;2*7-6+;;. The van der Waals surface area contributed by atoms with E-state index in [1.165, 1.54) is 41.3 Å². The van der Waals surface area contributed by atoms with Crippen LogP contribution in [0.1, 0.15) is 126 Å². The number of aromatic hydroxyl groups is 1. The van der Waals surface area contributed by atoms with Crippen molar-refractivity contribution in [2.24, 2.45) is 0 Å². The molecule has 0 radical (unpaired) electrons. The number of rotatable bonds is 28. The zero-order valence-corrected chi connectivity index (χ0v) is 69.5. The van der Waals surface area contributed by atoms with E-state index >= 15 is 0 Å². The number of quaternary nitrogens is 1. The minimum absolute atomic E-state index is 0. The van der Waals surface area contributed by atoms with E-state index in [1.54, 1.807) is 0 Å². The maximum atomic E-state index is 12.7. The third kappa shape index (κ3) is 30.6. The number of aromatic carboxylic acids is 1. The zero-order valence-electron chi connectivity index (χ0n) is 68.7. The van der Waals surface area contributed by atoms with Gasteiger partial charge >= 0.3 is 5.97 Å². The first-order valence-corrected chi connectivity index (χ1v) is 39.9. The predicted octanol–water partition coefficient (Wildman–Crippen LogP) is 15.6. The summed E-state index contributed by atoms with van der Waals surface area (Å²) in [5.41, 5.74) is 17.4. The summed E-state index contributed by atoms with van der Waals surface area (Å²) in [5.74, 6) is -5.32. The van der Waals surface area contributed by atoms with E-state index in [9.17, 15) is 43.5 Å². The number of benzene rings is 11. The highest BCUT2D eigenvalue weighted by Crippen LogP contribution is 2.22. The number of ether oxygens (including phenoxy) is 3. The van der Waals surface area contributed by atoms with Crippen molar-refractivity contribution in [3.63, 3.8) is 0 Å². The monoisotopic (exact) mass is 1710 g/mol. The highest BCUT2D eigenvalue weighted by Gasteiger charge is 2.22. The van der Waals surface area contributed by atoms with Crippen LogP contribution in [0.2, 0.25) is 0 Å². The molecule has 0 aliphatic carbocycles. The van der Waals surface area contributed by atoms with Crippen molar-refractivity contribution in [1.82, 2.24) is 16.0 Å². The highest BCUT2D eigenvalue weighted by atomic mass is 35.5. The molecule has 4 heterocycles. The quantitative estimate of drug-likeness (QED) is 0.0248. The van der Waals surface area contributed by atoms with E-state index in [2.05, 4.69) is 70.2 Å². The first-order valence-electron chi connectivity index (χ1n) is 39.9. The highest BCUT2D eigenvalue weighted by molar-refractivity contribution is 5.95. The molecule has 0 atom stereocenters. The van der Waals surface area contributed by atoms with Gasteiger partial charge in [0, 0.05) is 49.5 Å². The second-order valence-electron chi connectivity index (χ2n) is 27.7. The fourth-order valence-electron chi connectivity index (χ4n) is 11.7. The van der Waals surface area contributed by atoms with Gasteiger partial charge in [0.1, 0.15) is 19.8 Å². The Morgan fingerprint density at radius 2 is 0.496 bits per heavy atom. The number of halogens is 1. The molecule has 0 fully saturated rings. The van der Waals surface area contributed by atoms with Gasteiger partial charge in [0.25, 0.3) is 23.5 Å². The lowest BCUT2D eigenvalue weighted by molar-refractivity contribution is -0.386. The Morgan fingerprint density at radius 1 is 0.276 bits per heavy atom. The van der Waals surface area contributed by atoms with Gasteiger partial charge in [-0.25, -0.2) is 4.79 Å². The average molecular weight is 1710 g/mol. The molecule has 11 aromatic carbocycles. The third-order valence-electron chi connectivity index (χ3n) is 18.5. The van der Waals surface area contributed by atoms with E-state index < -0.39 is 56.9 Å². The molecule has 21 nitrogen and oxygen atoms in total. The van der Waals surface area contributed by atoms with Crippen LogP contribution in [-0.2, 0) is 46.0 Å². The number of carboxylic acid groups (broad SMARTS) is 1. The molecule has 22 heteroatoms. The van der Waals surface area contributed by atoms with Crippen LogP contribution in [0.4, 0.5) is 0 Å². The molecule has 0 unspecified atom stereocenters. The number of hydrogen-bond donors (Lipinski definition) is 6. The number of hydrogen-bond acceptors (Lipinski definition) is 16. The number of carbonyl (C=O) groups is 4. The summed E-state index contributed by atoms with van der Waals surface area (Å²) >= 11 is 0. The molecule has 0 aliphatic heterocycles. The van der Waals surface area contributed by atoms with Crippen molar-refractivity contribution in [3.8, 4) is 23.0 Å². The first-order chi connectivity index (χ1) is 61.6. The van der Waals surface area contributed by atoms with E-state index in [0.717, 1.165) is 98.0 Å². The van der Waals surface area contributed by atoms with Crippen molar-refractivity contribution < 1.29 is 79.4 Å². The molecule has 127 heavy (non-hydrogen) atoms. The van der Waals surface area contributed by atoms with Crippen molar-refractivity contribution in [3.05, 3.63) is 506 Å². The van der Waals surface area contributed by atoms with E-state index in [0.29, 0.717) is 0 Å². The predicted molar refractivity (Wildman–Crippen MR) is 488 cm³/mol. The molecule has 0 saturated carbocycles. The largest absolute Gasteiger partial charge is 1.00 e. The Bertz CT molecular complexity index is 6150. The molecule has 0 bridgehead atoms. The lowest BCUT2D eigenvalue weighted by atomic mass is 10.1. The Hall–Kier alpha value is -16.5. The maximum Gasteiger partial charge on any atom is 0.375 e. The van der Waals surface area contributed by atoms with Gasteiger partial charge in [-0.1, -0.05) is 358 Å². The van der Waals surface area contributed by atoms with Crippen molar-refractivity contribution in [1.29, 1.82) is 0 Å². The van der Waals surface area contributed by atoms with Crippen LogP contribution in [0.3, 0.4) is 0 Å². The van der Waals surface area contributed by atoms with Crippen molar-refractivity contribution in [2.75, 3.05) is 0 Å². The molecule has 3 amide bonds. The topological polar surface area (TPSA) is 321 Å². The second-order valence-corrected chi connectivity index (χ2v) is 27.7. The van der Waals surface area contributed by atoms with Crippen LogP contribution in [0.5, 0.6) is 23.0 Å². The minimum Gasteiger partial charge on any atom is -1.00 e. The minimum atomic E-state index is -1.34. The van der Waals surface area contributed by atoms with Gasteiger partial charge in [-0.15, -0.1) is 0 Å². The number of nitrogens with one attached hydrogen (secondary N) is 3. The van der Waals surface area contributed by atoms with Gasteiger partial charge in [0.2, 0.25) is 62.0 Å². The average Bonchev–Trinajstić information content (AvgIpc) is 0.809. The summed E-state index contributed by atoms with van der Waals surface area (Å²) in [7, 11) is 0. The molecular formula is C105H89ClN4O17. The van der Waals surface area contributed by atoms with Crippen LogP contribution in [-0.4, -0.2) is 33.9 Å². The Kier molecular flexibility index (Phi) is 36.6. The van der Waals surface area contributed by atoms with E-state index in [-0.39, 0.29) is 86.4 Å². The van der Waals surface area contributed by atoms with Gasteiger partial charge < -0.3 is 76.2 Å². The Balaban J connectivity index is 0.000000169. The van der Waals surface area contributed by atoms with Crippen LogP contribution in [0.25, 0.3) is 48.6 Å². The van der Waals surface area contributed by atoms with Crippen LogP contribution >= 0.6 is 0 Å². The molecule has 0 spiro atoms. The zero-order chi connectivity index (χ0) is 88.3. The van der Waals surface area contributed by atoms with Crippen LogP contribution in [0.15, 0.2) is 396 Å². The summed E-state index contributed by atoms with van der Waals surface area (Å²) in [6, 6.07) is 105. The maximum absolute atomic E-state index is 12.7. The van der Waals surface area contributed by atoms with Gasteiger partial charge in [-0.05, 0) is 77.9 Å². The summed E-state index contributed by atoms with van der Waals surface area (Å²) in [6.07, 6.45) is 20.9. The normalized spacial score (nSPS) is 10.6. The molecule has 0 saturated heterocycles. The Morgan fingerprint density at radius 3 is 0.764 bits per heavy atom. The van der Waals surface area contributed by atoms with Gasteiger partial charge in [-0.2, -0.15) is 0 Å². The van der Waals surface area contributed by atoms with Crippen molar-refractivity contribution in [2.45, 2.75) is 46.0 Å². The van der Waals surface area contributed by atoms with E-state index in [1.807, 2.05) is 309 Å². The van der Waals surface area contributed by atoms with Gasteiger partial charge in [0.05, 0.1) is 31.6 Å².